The molecule has 0 bridgehead atoms. The molecule has 0 radical (unpaired) electrons. The third kappa shape index (κ3) is 3.16. The predicted octanol–water partition coefficient (Wildman–Crippen LogP) is 2.33. The first kappa shape index (κ1) is 14.7. The zero-order valence-electron chi connectivity index (χ0n) is 12.8. The van der Waals surface area contributed by atoms with Crippen LogP contribution in [0.3, 0.4) is 0 Å². The molecule has 2 amide bonds. The zero-order valence-corrected chi connectivity index (χ0v) is 12.8. The second kappa shape index (κ2) is 6.69. The fraction of sp³-hybridized carbons (Fsp3) is 0.529. The maximum Gasteiger partial charge on any atom is 0.317 e. The number of piperazine rings is 1. The monoisotopic (exact) mass is 298 g/mol. The van der Waals surface area contributed by atoms with E-state index in [9.17, 15) is 10.1 Å². The molecule has 1 N–H and O–H groups in total. The van der Waals surface area contributed by atoms with E-state index >= 15 is 0 Å². The highest BCUT2D eigenvalue weighted by atomic mass is 16.2. The quantitative estimate of drug-likeness (QED) is 0.911. The van der Waals surface area contributed by atoms with Crippen LogP contribution in [0.1, 0.15) is 31.2 Å². The average molecular weight is 298 g/mol. The third-order valence-electron chi connectivity index (χ3n) is 4.61. The Balaban J connectivity index is 1.56. The molecule has 5 nitrogen and oxygen atoms in total. The molecule has 22 heavy (non-hydrogen) atoms. The summed E-state index contributed by atoms with van der Waals surface area (Å²) in [6, 6.07) is 10.3. The summed E-state index contributed by atoms with van der Waals surface area (Å²) in [5, 5.41) is 12.3. The van der Waals surface area contributed by atoms with Crippen molar-refractivity contribution in [2.75, 3.05) is 31.1 Å². The number of urea groups is 1. The lowest BCUT2D eigenvalue weighted by molar-refractivity contribution is 0.190. The van der Waals surface area contributed by atoms with Crippen molar-refractivity contribution in [3.63, 3.8) is 0 Å². The van der Waals surface area contributed by atoms with Gasteiger partial charge in [0.25, 0.3) is 0 Å². The van der Waals surface area contributed by atoms with Gasteiger partial charge in [0, 0.05) is 32.2 Å². The van der Waals surface area contributed by atoms with E-state index in [1.54, 1.807) is 0 Å². The van der Waals surface area contributed by atoms with Crippen LogP contribution in [0.5, 0.6) is 0 Å². The van der Waals surface area contributed by atoms with Crippen LogP contribution in [0.2, 0.25) is 0 Å². The number of amides is 2. The lowest BCUT2D eigenvalue weighted by atomic mass is 10.1. The van der Waals surface area contributed by atoms with Gasteiger partial charge in [0.2, 0.25) is 0 Å². The van der Waals surface area contributed by atoms with Crippen molar-refractivity contribution in [3.05, 3.63) is 29.8 Å². The van der Waals surface area contributed by atoms with Crippen molar-refractivity contribution in [1.82, 2.24) is 10.2 Å². The van der Waals surface area contributed by atoms with Crippen LogP contribution in [0.4, 0.5) is 10.5 Å². The van der Waals surface area contributed by atoms with Gasteiger partial charge in [-0.15, -0.1) is 0 Å². The zero-order chi connectivity index (χ0) is 15.4. The number of carbonyl (C=O) groups excluding carboxylic acids is 1. The lowest BCUT2D eigenvalue weighted by Crippen LogP contribution is -2.53. The van der Waals surface area contributed by atoms with Crippen LogP contribution < -0.4 is 10.2 Å². The molecule has 0 atom stereocenters. The van der Waals surface area contributed by atoms with Crippen LogP contribution >= 0.6 is 0 Å². The molecule has 0 unspecified atom stereocenters. The molecule has 1 saturated carbocycles. The van der Waals surface area contributed by atoms with E-state index in [2.05, 4.69) is 16.3 Å². The summed E-state index contributed by atoms with van der Waals surface area (Å²) in [6.07, 6.45) is 4.68. The molecule has 1 aliphatic heterocycles. The minimum Gasteiger partial charge on any atom is -0.367 e. The normalized spacial score (nSPS) is 19.0. The van der Waals surface area contributed by atoms with Crippen molar-refractivity contribution >= 4 is 11.7 Å². The van der Waals surface area contributed by atoms with Crippen molar-refractivity contribution in [2.24, 2.45) is 0 Å². The van der Waals surface area contributed by atoms with Crippen LogP contribution in [-0.4, -0.2) is 43.2 Å². The highest BCUT2D eigenvalue weighted by Gasteiger charge is 2.25. The fourth-order valence-electron chi connectivity index (χ4n) is 3.33. The maximum atomic E-state index is 12.3. The average Bonchev–Trinajstić information content (AvgIpc) is 3.08. The van der Waals surface area contributed by atoms with Crippen LogP contribution in [0.15, 0.2) is 24.3 Å². The fourth-order valence-corrected chi connectivity index (χ4v) is 3.33. The number of rotatable bonds is 2. The summed E-state index contributed by atoms with van der Waals surface area (Å²) in [5.74, 6) is 0. The molecule has 1 aromatic carbocycles. The van der Waals surface area contributed by atoms with Crippen LogP contribution in [0, 0.1) is 11.3 Å². The van der Waals surface area contributed by atoms with Gasteiger partial charge >= 0.3 is 6.03 Å². The van der Waals surface area contributed by atoms with Crippen molar-refractivity contribution in [1.29, 1.82) is 5.26 Å². The van der Waals surface area contributed by atoms with Gasteiger partial charge in [-0.1, -0.05) is 25.0 Å². The molecule has 2 aliphatic rings. The number of para-hydroxylation sites is 1. The molecule has 1 saturated heterocycles. The Morgan fingerprint density at radius 2 is 1.82 bits per heavy atom. The second-order valence-corrected chi connectivity index (χ2v) is 6.03. The van der Waals surface area contributed by atoms with Gasteiger partial charge in [0.1, 0.15) is 6.07 Å². The first-order valence-electron chi connectivity index (χ1n) is 8.07. The number of anilines is 1. The number of hydrogen-bond acceptors (Lipinski definition) is 3. The number of carbonyl (C=O) groups is 1. The van der Waals surface area contributed by atoms with Crippen molar-refractivity contribution in [3.8, 4) is 6.07 Å². The summed E-state index contributed by atoms with van der Waals surface area (Å²) in [4.78, 5) is 16.3. The molecular weight excluding hydrogens is 276 g/mol. The van der Waals surface area contributed by atoms with E-state index in [1.807, 2.05) is 29.2 Å². The number of hydrogen-bond donors (Lipinski definition) is 1. The molecule has 3 rings (SSSR count). The van der Waals surface area contributed by atoms with Gasteiger partial charge in [0.15, 0.2) is 0 Å². The number of nitrogens with zero attached hydrogens (tertiary/aromatic N) is 3. The van der Waals surface area contributed by atoms with Gasteiger partial charge in [-0.3, -0.25) is 0 Å². The van der Waals surface area contributed by atoms with Crippen LogP contribution in [-0.2, 0) is 0 Å². The maximum absolute atomic E-state index is 12.3. The van der Waals surface area contributed by atoms with E-state index in [-0.39, 0.29) is 6.03 Å². The molecule has 1 aromatic rings. The van der Waals surface area contributed by atoms with E-state index in [4.69, 9.17) is 0 Å². The summed E-state index contributed by atoms with van der Waals surface area (Å²) in [6.45, 7) is 2.96. The Morgan fingerprint density at radius 1 is 1.14 bits per heavy atom. The molecular formula is C17H22N4O. The molecule has 0 aromatic heterocycles. The molecule has 116 valence electrons. The topological polar surface area (TPSA) is 59.4 Å². The predicted molar refractivity (Wildman–Crippen MR) is 85.7 cm³/mol. The van der Waals surface area contributed by atoms with E-state index in [0.29, 0.717) is 24.7 Å². The number of nitrogens with one attached hydrogen (secondary N) is 1. The van der Waals surface area contributed by atoms with Gasteiger partial charge in [-0.2, -0.15) is 5.26 Å². The second-order valence-electron chi connectivity index (χ2n) is 6.03. The van der Waals surface area contributed by atoms with Gasteiger partial charge < -0.3 is 15.1 Å². The summed E-state index contributed by atoms with van der Waals surface area (Å²) < 4.78 is 0. The van der Waals surface area contributed by atoms with E-state index in [0.717, 1.165) is 31.6 Å². The summed E-state index contributed by atoms with van der Waals surface area (Å²) in [7, 11) is 0. The van der Waals surface area contributed by atoms with Crippen LogP contribution in [0.25, 0.3) is 0 Å². The number of benzene rings is 1. The SMILES string of the molecule is N#Cc1ccccc1N1CCN(C(=O)NC2CCCC2)CC1. The Hall–Kier alpha value is -2.22. The first-order chi connectivity index (χ1) is 10.8. The first-order valence-corrected chi connectivity index (χ1v) is 8.07. The molecule has 5 heteroatoms. The summed E-state index contributed by atoms with van der Waals surface area (Å²) in [5.41, 5.74) is 1.67. The molecule has 1 heterocycles. The molecule has 2 fully saturated rings. The Morgan fingerprint density at radius 3 is 2.50 bits per heavy atom. The summed E-state index contributed by atoms with van der Waals surface area (Å²) >= 11 is 0. The largest absolute Gasteiger partial charge is 0.367 e. The van der Waals surface area contributed by atoms with Crippen molar-refractivity contribution in [2.45, 2.75) is 31.7 Å². The standard InChI is InChI=1S/C17H22N4O/c18-13-14-5-1-4-8-16(14)20-9-11-21(12-10-20)17(22)19-15-6-2-3-7-15/h1,4-5,8,15H,2-3,6-7,9-12H2,(H,19,22). The highest BCUT2D eigenvalue weighted by Crippen LogP contribution is 2.21. The lowest BCUT2D eigenvalue weighted by Gasteiger charge is -2.36. The Labute approximate surface area is 131 Å². The highest BCUT2D eigenvalue weighted by molar-refractivity contribution is 5.75. The van der Waals surface area contributed by atoms with E-state index in [1.165, 1.54) is 12.8 Å². The minimum absolute atomic E-state index is 0.0696. The smallest absolute Gasteiger partial charge is 0.317 e. The molecule has 0 spiro atoms. The van der Waals surface area contributed by atoms with Crippen molar-refractivity contribution < 1.29 is 4.79 Å². The molecule has 1 aliphatic carbocycles. The van der Waals surface area contributed by atoms with E-state index < -0.39 is 0 Å². The van der Waals surface area contributed by atoms with Gasteiger partial charge in [-0.25, -0.2) is 4.79 Å². The Kier molecular flexibility index (Phi) is 4.47. The Bertz CT molecular complexity index is 566. The van der Waals surface area contributed by atoms with Gasteiger partial charge in [0.05, 0.1) is 11.3 Å². The van der Waals surface area contributed by atoms with Gasteiger partial charge in [-0.05, 0) is 25.0 Å². The number of nitriles is 1. The minimum atomic E-state index is 0.0696. The third-order valence-corrected chi connectivity index (χ3v) is 4.61.